The van der Waals surface area contributed by atoms with Crippen LogP contribution in [0.1, 0.15) is 18.4 Å². The fourth-order valence-electron chi connectivity index (χ4n) is 3.09. The van der Waals surface area contributed by atoms with Gasteiger partial charge in [0.2, 0.25) is 0 Å². The van der Waals surface area contributed by atoms with Crippen LogP contribution in [0.15, 0.2) is 24.3 Å². The lowest BCUT2D eigenvalue weighted by Gasteiger charge is -2.57. The normalized spacial score (nSPS) is 23.3. The SMILES string of the molecule is COc1cccc(C2(C#N)CC3(COC3)C2)c1. The summed E-state index contributed by atoms with van der Waals surface area (Å²) >= 11 is 0. The average Bonchev–Trinajstić information content (AvgIpc) is 2.27. The van der Waals surface area contributed by atoms with E-state index < -0.39 is 0 Å². The molecule has 2 fully saturated rings. The minimum Gasteiger partial charge on any atom is -0.497 e. The van der Waals surface area contributed by atoms with Crippen LogP contribution in [0.3, 0.4) is 0 Å². The van der Waals surface area contributed by atoms with Crippen LogP contribution < -0.4 is 4.74 Å². The molecule has 0 radical (unpaired) electrons. The van der Waals surface area contributed by atoms with E-state index in [4.69, 9.17) is 9.47 Å². The lowest BCUT2D eigenvalue weighted by molar-refractivity contribution is -0.178. The summed E-state index contributed by atoms with van der Waals surface area (Å²) in [6.45, 7) is 1.64. The van der Waals surface area contributed by atoms with Gasteiger partial charge in [-0.2, -0.15) is 5.26 Å². The number of ether oxygens (including phenoxy) is 2. The molecule has 3 heteroatoms. The average molecular weight is 229 g/mol. The lowest BCUT2D eigenvalue weighted by Crippen LogP contribution is -2.59. The number of hydrogen-bond donors (Lipinski definition) is 0. The molecule has 0 amide bonds. The molecule has 1 aromatic carbocycles. The lowest BCUT2D eigenvalue weighted by atomic mass is 9.50. The molecule has 0 unspecified atom stereocenters. The Balaban J connectivity index is 1.89. The van der Waals surface area contributed by atoms with E-state index in [9.17, 15) is 5.26 Å². The molecule has 2 aliphatic rings. The number of nitriles is 1. The molecule has 88 valence electrons. The smallest absolute Gasteiger partial charge is 0.119 e. The van der Waals surface area contributed by atoms with E-state index in [2.05, 4.69) is 6.07 Å². The van der Waals surface area contributed by atoms with E-state index >= 15 is 0 Å². The van der Waals surface area contributed by atoms with Crippen molar-refractivity contribution in [1.29, 1.82) is 5.26 Å². The maximum Gasteiger partial charge on any atom is 0.119 e. The van der Waals surface area contributed by atoms with Crippen LogP contribution in [0.25, 0.3) is 0 Å². The van der Waals surface area contributed by atoms with Crippen LogP contribution in [0, 0.1) is 16.7 Å². The third kappa shape index (κ3) is 1.44. The number of hydrogen-bond acceptors (Lipinski definition) is 3. The number of nitrogens with zero attached hydrogens (tertiary/aromatic N) is 1. The Morgan fingerprint density at radius 2 is 2.12 bits per heavy atom. The van der Waals surface area contributed by atoms with Gasteiger partial charge in [0.05, 0.1) is 31.8 Å². The molecule has 0 aromatic heterocycles. The molecule has 3 rings (SSSR count). The van der Waals surface area contributed by atoms with E-state index in [0.717, 1.165) is 37.4 Å². The third-order valence-corrected chi connectivity index (χ3v) is 4.01. The molecular weight excluding hydrogens is 214 g/mol. The Bertz CT molecular complexity index is 477. The van der Waals surface area contributed by atoms with Crippen molar-refractivity contribution in [1.82, 2.24) is 0 Å². The summed E-state index contributed by atoms with van der Waals surface area (Å²) in [5.41, 5.74) is 1.05. The van der Waals surface area contributed by atoms with Crippen molar-refractivity contribution in [2.45, 2.75) is 18.3 Å². The number of methoxy groups -OCH3 is 1. The van der Waals surface area contributed by atoms with Crippen LogP contribution in [0.5, 0.6) is 5.75 Å². The largest absolute Gasteiger partial charge is 0.497 e. The first-order valence-corrected chi connectivity index (χ1v) is 5.86. The van der Waals surface area contributed by atoms with E-state index in [1.807, 2.05) is 24.3 Å². The Morgan fingerprint density at radius 3 is 2.65 bits per heavy atom. The molecule has 1 aliphatic carbocycles. The molecule has 3 nitrogen and oxygen atoms in total. The minimum absolute atomic E-state index is 0.290. The number of rotatable bonds is 2. The van der Waals surface area contributed by atoms with Gasteiger partial charge in [0.25, 0.3) is 0 Å². The van der Waals surface area contributed by atoms with Gasteiger partial charge in [0.1, 0.15) is 5.75 Å². The molecule has 1 heterocycles. The molecule has 1 saturated carbocycles. The van der Waals surface area contributed by atoms with E-state index in [0.29, 0.717) is 5.41 Å². The first kappa shape index (κ1) is 10.6. The Morgan fingerprint density at radius 1 is 1.35 bits per heavy atom. The first-order chi connectivity index (χ1) is 8.22. The monoisotopic (exact) mass is 229 g/mol. The standard InChI is InChI=1S/C14H15NO2/c1-16-12-4-2-3-11(5-12)14(8-15)6-13(7-14)9-17-10-13/h2-5H,6-7,9-10H2,1H3. The molecule has 1 spiro atoms. The van der Waals surface area contributed by atoms with Gasteiger partial charge in [-0.1, -0.05) is 12.1 Å². The topological polar surface area (TPSA) is 42.2 Å². The highest BCUT2D eigenvalue weighted by atomic mass is 16.5. The van der Waals surface area contributed by atoms with Gasteiger partial charge >= 0.3 is 0 Å². The summed E-state index contributed by atoms with van der Waals surface area (Å²) in [4.78, 5) is 0. The van der Waals surface area contributed by atoms with Crippen LogP contribution in [-0.2, 0) is 10.2 Å². The maximum atomic E-state index is 9.47. The summed E-state index contributed by atoms with van der Waals surface area (Å²) in [7, 11) is 1.65. The molecule has 1 aliphatic heterocycles. The molecule has 1 saturated heterocycles. The highest BCUT2D eigenvalue weighted by Gasteiger charge is 2.59. The summed E-state index contributed by atoms with van der Waals surface area (Å²) in [5.74, 6) is 0.822. The zero-order chi connectivity index (χ0) is 11.9. The molecular formula is C14H15NO2. The Labute approximate surface area is 101 Å². The second-order valence-electron chi connectivity index (χ2n) is 5.27. The van der Waals surface area contributed by atoms with E-state index in [1.54, 1.807) is 7.11 Å². The van der Waals surface area contributed by atoms with Crippen molar-refractivity contribution >= 4 is 0 Å². The van der Waals surface area contributed by atoms with Crippen molar-refractivity contribution in [3.8, 4) is 11.8 Å². The first-order valence-electron chi connectivity index (χ1n) is 5.86. The second kappa shape index (κ2) is 3.48. The molecule has 0 bridgehead atoms. The zero-order valence-electron chi connectivity index (χ0n) is 9.90. The van der Waals surface area contributed by atoms with Crippen LogP contribution in [-0.4, -0.2) is 20.3 Å². The van der Waals surface area contributed by atoms with Crippen molar-refractivity contribution in [2.75, 3.05) is 20.3 Å². The van der Waals surface area contributed by atoms with Gasteiger partial charge in [-0.15, -0.1) is 0 Å². The van der Waals surface area contributed by atoms with Crippen molar-refractivity contribution in [3.05, 3.63) is 29.8 Å². The maximum absolute atomic E-state index is 9.47. The van der Waals surface area contributed by atoms with Gasteiger partial charge in [-0.3, -0.25) is 0 Å². The van der Waals surface area contributed by atoms with Gasteiger partial charge < -0.3 is 9.47 Å². The minimum atomic E-state index is -0.321. The quantitative estimate of drug-likeness (QED) is 0.781. The van der Waals surface area contributed by atoms with Crippen LogP contribution in [0.2, 0.25) is 0 Å². The van der Waals surface area contributed by atoms with Gasteiger partial charge in [0.15, 0.2) is 0 Å². The van der Waals surface area contributed by atoms with E-state index in [1.165, 1.54) is 0 Å². The van der Waals surface area contributed by atoms with Crippen LogP contribution >= 0.6 is 0 Å². The van der Waals surface area contributed by atoms with Crippen molar-refractivity contribution < 1.29 is 9.47 Å². The summed E-state index contributed by atoms with van der Waals surface area (Å²) in [5, 5.41) is 9.47. The zero-order valence-corrected chi connectivity index (χ0v) is 9.90. The fraction of sp³-hybridized carbons (Fsp3) is 0.500. The van der Waals surface area contributed by atoms with Crippen molar-refractivity contribution in [3.63, 3.8) is 0 Å². The second-order valence-corrected chi connectivity index (χ2v) is 5.27. The van der Waals surface area contributed by atoms with Crippen LogP contribution in [0.4, 0.5) is 0 Å². The third-order valence-electron chi connectivity index (χ3n) is 4.01. The molecule has 17 heavy (non-hydrogen) atoms. The van der Waals surface area contributed by atoms with Gasteiger partial charge in [-0.05, 0) is 30.5 Å². The molecule has 0 atom stereocenters. The van der Waals surface area contributed by atoms with E-state index in [-0.39, 0.29) is 5.41 Å². The van der Waals surface area contributed by atoms with Gasteiger partial charge in [-0.25, -0.2) is 0 Å². The summed E-state index contributed by atoms with van der Waals surface area (Å²) in [6, 6.07) is 10.4. The highest BCUT2D eigenvalue weighted by molar-refractivity contribution is 5.42. The Hall–Kier alpha value is -1.53. The summed E-state index contributed by atoms with van der Waals surface area (Å²) in [6.07, 6.45) is 1.84. The van der Waals surface area contributed by atoms with Crippen molar-refractivity contribution in [2.24, 2.45) is 5.41 Å². The predicted molar refractivity (Wildman–Crippen MR) is 62.8 cm³/mol. The highest BCUT2D eigenvalue weighted by Crippen LogP contribution is 2.59. The number of benzene rings is 1. The van der Waals surface area contributed by atoms with Gasteiger partial charge in [0, 0.05) is 5.41 Å². The molecule has 1 aromatic rings. The summed E-state index contributed by atoms with van der Waals surface area (Å²) < 4.78 is 10.5. The fourth-order valence-corrected chi connectivity index (χ4v) is 3.09. The predicted octanol–water partition coefficient (Wildman–Crippen LogP) is 2.27. The Kier molecular flexibility index (Phi) is 2.17. The molecule has 0 N–H and O–H groups in total.